The number of unbranched alkanes of at least 4 members (excludes halogenated alkanes) is 1. The first-order valence-corrected chi connectivity index (χ1v) is 9.08. The Morgan fingerprint density at radius 1 is 1.33 bits per heavy atom. The van der Waals surface area contributed by atoms with Crippen molar-refractivity contribution in [2.24, 2.45) is 0 Å². The van der Waals surface area contributed by atoms with E-state index in [1.807, 2.05) is 13.0 Å². The van der Waals surface area contributed by atoms with E-state index in [-0.39, 0.29) is 5.91 Å². The van der Waals surface area contributed by atoms with E-state index >= 15 is 0 Å². The average Bonchev–Trinajstić information content (AvgIpc) is 3.04. The number of carbonyl (C=O) groups is 1. The molecule has 21 heavy (non-hydrogen) atoms. The highest BCUT2D eigenvalue weighted by Crippen LogP contribution is 2.22. The lowest BCUT2D eigenvalue weighted by Crippen LogP contribution is -2.23. The molecule has 5 heteroatoms. The van der Waals surface area contributed by atoms with Gasteiger partial charge in [0.2, 0.25) is 0 Å². The van der Waals surface area contributed by atoms with E-state index in [1.54, 1.807) is 22.7 Å². The highest BCUT2D eigenvalue weighted by molar-refractivity contribution is 7.14. The van der Waals surface area contributed by atoms with Crippen molar-refractivity contribution < 1.29 is 4.79 Å². The minimum atomic E-state index is 0.0629. The van der Waals surface area contributed by atoms with Crippen molar-refractivity contribution in [2.45, 2.75) is 46.5 Å². The summed E-state index contributed by atoms with van der Waals surface area (Å²) < 4.78 is 0. The molecule has 0 unspecified atom stereocenters. The molecule has 1 amide bonds. The summed E-state index contributed by atoms with van der Waals surface area (Å²) in [5.41, 5.74) is 2.33. The van der Waals surface area contributed by atoms with Crippen LogP contribution in [-0.2, 0) is 12.8 Å². The van der Waals surface area contributed by atoms with Crippen molar-refractivity contribution in [1.82, 2.24) is 10.3 Å². The molecule has 0 aliphatic heterocycles. The van der Waals surface area contributed by atoms with E-state index in [4.69, 9.17) is 0 Å². The molecule has 0 aromatic carbocycles. The number of hydrogen-bond acceptors (Lipinski definition) is 4. The minimum Gasteiger partial charge on any atom is -0.351 e. The van der Waals surface area contributed by atoms with Gasteiger partial charge in [0.05, 0.1) is 9.88 Å². The summed E-state index contributed by atoms with van der Waals surface area (Å²) in [5, 5.41) is 6.29. The molecule has 0 saturated heterocycles. The highest BCUT2D eigenvalue weighted by Gasteiger charge is 2.10. The largest absolute Gasteiger partial charge is 0.351 e. The van der Waals surface area contributed by atoms with E-state index in [0.717, 1.165) is 42.8 Å². The van der Waals surface area contributed by atoms with Crippen molar-refractivity contribution in [3.8, 4) is 0 Å². The molecular formula is C16H22N2OS2. The van der Waals surface area contributed by atoms with Crippen molar-refractivity contribution >= 4 is 28.6 Å². The predicted octanol–water partition coefficient (Wildman–Crippen LogP) is 4.14. The molecule has 2 heterocycles. The number of nitrogens with one attached hydrogen (secondary N) is 1. The van der Waals surface area contributed by atoms with Crippen molar-refractivity contribution in [3.63, 3.8) is 0 Å². The van der Waals surface area contributed by atoms with E-state index in [2.05, 4.69) is 29.5 Å². The number of nitrogens with zero attached hydrogens (tertiary/aromatic N) is 1. The summed E-state index contributed by atoms with van der Waals surface area (Å²) >= 11 is 3.33. The van der Waals surface area contributed by atoms with Crippen LogP contribution in [0.15, 0.2) is 11.4 Å². The number of hydrogen-bond donors (Lipinski definition) is 1. The maximum Gasteiger partial charge on any atom is 0.261 e. The molecule has 0 saturated carbocycles. The Labute approximate surface area is 134 Å². The smallest absolute Gasteiger partial charge is 0.261 e. The van der Waals surface area contributed by atoms with Crippen molar-refractivity contribution in [2.75, 3.05) is 6.54 Å². The first kappa shape index (κ1) is 16.2. The third-order valence-corrected chi connectivity index (χ3v) is 5.74. The standard InChI is InChI=1S/C16H22N2OS2/c1-4-13-11(2)9-14(21-13)16(19)17-8-6-5-7-15-18-12(3)10-20-15/h9-10H,4-8H2,1-3H3,(H,17,19). The third-order valence-electron chi connectivity index (χ3n) is 3.34. The van der Waals surface area contributed by atoms with Crippen LogP contribution in [0.1, 0.15) is 50.6 Å². The molecule has 114 valence electrons. The zero-order chi connectivity index (χ0) is 15.2. The van der Waals surface area contributed by atoms with Gasteiger partial charge in [-0.05, 0) is 51.2 Å². The molecule has 3 nitrogen and oxygen atoms in total. The van der Waals surface area contributed by atoms with Crippen LogP contribution < -0.4 is 5.32 Å². The number of aryl methyl sites for hydroxylation is 4. The Hall–Kier alpha value is -1.20. The van der Waals surface area contributed by atoms with Gasteiger partial charge in [-0.2, -0.15) is 0 Å². The summed E-state index contributed by atoms with van der Waals surface area (Å²) in [6, 6.07) is 2.00. The fraction of sp³-hybridized carbons (Fsp3) is 0.500. The monoisotopic (exact) mass is 322 g/mol. The Bertz CT molecular complexity index is 601. The molecule has 2 rings (SSSR count). The predicted molar refractivity (Wildman–Crippen MR) is 90.6 cm³/mol. The Morgan fingerprint density at radius 3 is 2.76 bits per heavy atom. The average molecular weight is 322 g/mol. The SMILES string of the molecule is CCc1sc(C(=O)NCCCCc2nc(C)cs2)cc1C. The van der Waals surface area contributed by atoms with Crippen molar-refractivity contribution in [3.05, 3.63) is 37.5 Å². The van der Waals surface area contributed by atoms with E-state index in [1.165, 1.54) is 15.4 Å². The molecule has 0 aliphatic rings. The van der Waals surface area contributed by atoms with Gasteiger partial charge in [-0.3, -0.25) is 4.79 Å². The number of carbonyl (C=O) groups excluding carboxylic acids is 1. The minimum absolute atomic E-state index is 0.0629. The van der Waals surface area contributed by atoms with Crippen LogP contribution >= 0.6 is 22.7 Å². The van der Waals surface area contributed by atoms with E-state index in [9.17, 15) is 4.79 Å². The topological polar surface area (TPSA) is 42.0 Å². The van der Waals surface area contributed by atoms with Crippen LogP contribution in [0.3, 0.4) is 0 Å². The fourth-order valence-electron chi connectivity index (χ4n) is 2.19. The molecular weight excluding hydrogens is 300 g/mol. The zero-order valence-corrected chi connectivity index (χ0v) is 14.5. The molecule has 2 aromatic rings. The molecule has 0 bridgehead atoms. The molecule has 0 spiro atoms. The third kappa shape index (κ3) is 4.64. The van der Waals surface area contributed by atoms with Gasteiger partial charge in [-0.25, -0.2) is 4.98 Å². The van der Waals surface area contributed by atoms with Crippen molar-refractivity contribution in [1.29, 1.82) is 0 Å². The number of thiazole rings is 1. The van der Waals surface area contributed by atoms with Gasteiger partial charge in [-0.1, -0.05) is 6.92 Å². The second-order valence-corrected chi connectivity index (χ2v) is 7.25. The second-order valence-electron chi connectivity index (χ2n) is 5.17. The quantitative estimate of drug-likeness (QED) is 0.779. The summed E-state index contributed by atoms with van der Waals surface area (Å²) in [7, 11) is 0. The number of aromatic nitrogens is 1. The van der Waals surface area contributed by atoms with Crippen LogP contribution in [-0.4, -0.2) is 17.4 Å². The van der Waals surface area contributed by atoms with E-state index in [0.29, 0.717) is 0 Å². The summed E-state index contributed by atoms with van der Waals surface area (Å²) in [6.07, 6.45) is 4.07. The molecule has 0 aliphatic carbocycles. The summed E-state index contributed by atoms with van der Waals surface area (Å²) in [4.78, 5) is 18.6. The maximum absolute atomic E-state index is 12.1. The lowest BCUT2D eigenvalue weighted by atomic mass is 10.2. The molecule has 0 radical (unpaired) electrons. The lowest BCUT2D eigenvalue weighted by Gasteiger charge is -2.02. The number of amides is 1. The van der Waals surface area contributed by atoms with Gasteiger partial charge in [0, 0.05) is 22.5 Å². The fourth-order valence-corrected chi connectivity index (χ4v) is 4.04. The van der Waals surface area contributed by atoms with Gasteiger partial charge in [0.1, 0.15) is 0 Å². The van der Waals surface area contributed by atoms with Gasteiger partial charge in [0.25, 0.3) is 5.91 Å². The Balaban J connectivity index is 1.69. The Kier molecular flexibility index (Phi) is 5.94. The highest BCUT2D eigenvalue weighted by atomic mass is 32.1. The second kappa shape index (κ2) is 7.71. The molecule has 0 fully saturated rings. The Morgan fingerprint density at radius 2 is 2.14 bits per heavy atom. The van der Waals surface area contributed by atoms with Crippen LogP contribution in [0, 0.1) is 13.8 Å². The summed E-state index contributed by atoms with van der Waals surface area (Å²) in [6.45, 7) is 6.96. The first-order valence-electron chi connectivity index (χ1n) is 7.38. The normalized spacial score (nSPS) is 10.8. The van der Waals surface area contributed by atoms with Gasteiger partial charge >= 0.3 is 0 Å². The summed E-state index contributed by atoms with van der Waals surface area (Å²) in [5.74, 6) is 0.0629. The van der Waals surface area contributed by atoms with Gasteiger partial charge in [-0.15, -0.1) is 22.7 Å². The molecule has 2 aromatic heterocycles. The number of rotatable bonds is 7. The van der Waals surface area contributed by atoms with Crippen LogP contribution in [0.25, 0.3) is 0 Å². The molecule has 1 N–H and O–H groups in total. The van der Waals surface area contributed by atoms with Crippen LogP contribution in [0.5, 0.6) is 0 Å². The van der Waals surface area contributed by atoms with Crippen LogP contribution in [0.4, 0.5) is 0 Å². The molecule has 0 atom stereocenters. The van der Waals surface area contributed by atoms with Gasteiger partial charge < -0.3 is 5.32 Å². The lowest BCUT2D eigenvalue weighted by molar-refractivity contribution is 0.0957. The maximum atomic E-state index is 12.1. The van der Waals surface area contributed by atoms with Crippen LogP contribution in [0.2, 0.25) is 0 Å². The van der Waals surface area contributed by atoms with E-state index < -0.39 is 0 Å². The van der Waals surface area contributed by atoms with Gasteiger partial charge in [0.15, 0.2) is 0 Å². The number of thiophene rings is 1. The zero-order valence-electron chi connectivity index (χ0n) is 12.9. The first-order chi connectivity index (χ1) is 10.1.